The summed E-state index contributed by atoms with van der Waals surface area (Å²) in [6, 6.07) is 8.54. The quantitative estimate of drug-likeness (QED) is 0.804. The summed E-state index contributed by atoms with van der Waals surface area (Å²) in [5, 5.41) is 6.09. The predicted molar refractivity (Wildman–Crippen MR) is 113 cm³/mol. The fourth-order valence-electron chi connectivity index (χ4n) is 4.56. The van der Waals surface area contributed by atoms with Crippen molar-refractivity contribution in [2.45, 2.75) is 44.6 Å². The molecule has 1 N–H and O–H groups in total. The highest BCUT2D eigenvalue weighted by atomic mass is 32.1. The Morgan fingerprint density at radius 1 is 1.29 bits per heavy atom. The Morgan fingerprint density at radius 2 is 2.18 bits per heavy atom. The molecule has 2 aromatic rings. The van der Waals surface area contributed by atoms with Crippen molar-refractivity contribution in [1.82, 2.24) is 15.2 Å². The highest BCUT2D eigenvalue weighted by molar-refractivity contribution is 7.13. The van der Waals surface area contributed by atoms with Crippen LogP contribution < -0.4 is 10.1 Å². The minimum absolute atomic E-state index is 0.0791. The number of amides is 1. The largest absolute Gasteiger partial charge is 0.497 e. The van der Waals surface area contributed by atoms with E-state index >= 15 is 0 Å². The van der Waals surface area contributed by atoms with Gasteiger partial charge in [-0.1, -0.05) is 18.6 Å². The number of fused-ring (bicyclic) bond motifs is 1. The molecule has 1 amide bonds. The van der Waals surface area contributed by atoms with Gasteiger partial charge in [-0.25, -0.2) is 4.98 Å². The molecule has 1 aromatic carbocycles. The first kappa shape index (κ1) is 19.4. The number of benzene rings is 1. The number of ether oxygens (including phenoxy) is 1. The van der Waals surface area contributed by atoms with Gasteiger partial charge in [0, 0.05) is 23.5 Å². The molecule has 2 aliphatic heterocycles. The van der Waals surface area contributed by atoms with Gasteiger partial charge in [-0.3, -0.25) is 4.79 Å². The summed E-state index contributed by atoms with van der Waals surface area (Å²) < 4.78 is 5.28. The number of piperidine rings is 2. The molecule has 4 rings (SSSR count). The Labute approximate surface area is 171 Å². The first-order chi connectivity index (χ1) is 13.7. The van der Waals surface area contributed by atoms with E-state index < -0.39 is 0 Å². The van der Waals surface area contributed by atoms with Crippen molar-refractivity contribution in [2.24, 2.45) is 5.92 Å². The van der Waals surface area contributed by atoms with Gasteiger partial charge >= 0.3 is 0 Å². The van der Waals surface area contributed by atoms with E-state index in [-0.39, 0.29) is 5.91 Å². The molecule has 0 bridgehead atoms. The second-order valence-electron chi connectivity index (χ2n) is 7.86. The van der Waals surface area contributed by atoms with E-state index in [0.717, 1.165) is 28.6 Å². The van der Waals surface area contributed by atoms with E-state index in [4.69, 9.17) is 4.74 Å². The van der Waals surface area contributed by atoms with Crippen LogP contribution in [0.2, 0.25) is 0 Å². The standard InChI is InChI=1S/C22H29N3O2S/c1-27-19-8-4-6-16(12-19)22-24-18(15-28-22)13-21(26)23-14-17-7-5-11-25-10-3-2-9-20(17)25/h4,6,8,12,15,17,20H,2-3,5,7,9-11,13-14H2,1H3,(H,23,26). The molecule has 2 unspecified atom stereocenters. The smallest absolute Gasteiger partial charge is 0.226 e. The van der Waals surface area contributed by atoms with Gasteiger partial charge in [0.1, 0.15) is 10.8 Å². The number of nitrogens with zero attached hydrogens (tertiary/aromatic N) is 2. The number of hydrogen-bond acceptors (Lipinski definition) is 5. The zero-order valence-electron chi connectivity index (χ0n) is 16.5. The molecule has 0 aliphatic carbocycles. The molecule has 2 aliphatic rings. The zero-order valence-corrected chi connectivity index (χ0v) is 17.3. The van der Waals surface area contributed by atoms with E-state index in [1.54, 1.807) is 18.4 Å². The van der Waals surface area contributed by atoms with E-state index in [1.807, 2.05) is 29.6 Å². The first-order valence-electron chi connectivity index (χ1n) is 10.3. The summed E-state index contributed by atoms with van der Waals surface area (Å²) in [6.45, 7) is 3.27. The van der Waals surface area contributed by atoms with Gasteiger partial charge in [0.2, 0.25) is 5.91 Å². The molecule has 28 heavy (non-hydrogen) atoms. The van der Waals surface area contributed by atoms with E-state index in [2.05, 4.69) is 15.2 Å². The van der Waals surface area contributed by atoms with Gasteiger partial charge in [0.05, 0.1) is 19.2 Å². The van der Waals surface area contributed by atoms with Crippen molar-refractivity contribution in [3.8, 4) is 16.3 Å². The lowest BCUT2D eigenvalue weighted by molar-refractivity contribution is -0.120. The number of carbonyl (C=O) groups excluding carboxylic acids is 1. The Bertz CT molecular complexity index is 805. The summed E-state index contributed by atoms with van der Waals surface area (Å²) in [5.74, 6) is 1.49. The van der Waals surface area contributed by atoms with Gasteiger partial charge in [-0.05, 0) is 56.8 Å². The average molecular weight is 400 g/mol. The number of hydrogen-bond donors (Lipinski definition) is 1. The van der Waals surface area contributed by atoms with Gasteiger partial charge in [0.15, 0.2) is 0 Å². The molecule has 5 nitrogen and oxygen atoms in total. The third kappa shape index (κ3) is 4.55. The Morgan fingerprint density at radius 3 is 3.07 bits per heavy atom. The maximum absolute atomic E-state index is 12.5. The minimum atomic E-state index is 0.0791. The van der Waals surface area contributed by atoms with Crippen LogP contribution >= 0.6 is 11.3 Å². The highest BCUT2D eigenvalue weighted by Crippen LogP contribution is 2.30. The van der Waals surface area contributed by atoms with Crippen molar-refractivity contribution < 1.29 is 9.53 Å². The molecule has 6 heteroatoms. The van der Waals surface area contributed by atoms with Crippen LogP contribution in [0.1, 0.15) is 37.8 Å². The van der Waals surface area contributed by atoms with E-state index in [1.165, 1.54) is 45.2 Å². The van der Waals surface area contributed by atoms with Crippen molar-refractivity contribution in [2.75, 3.05) is 26.7 Å². The van der Waals surface area contributed by atoms with E-state index in [9.17, 15) is 4.79 Å². The molecule has 1 aromatic heterocycles. The topological polar surface area (TPSA) is 54.5 Å². The molecule has 2 fully saturated rings. The second kappa shape index (κ2) is 9.05. The van der Waals surface area contributed by atoms with Crippen molar-refractivity contribution >= 4 is 17.2 Å². The van der Waals surface area contributed by atoms with Gasteiger partial charge in [-0.15, -0.1) is 11.3 Å². The number of carbonyl (C=O) groups is 1. The number of aromatic nitrogens is 1. The molecule has 3 heterocycles. The monoisotopic (exact) mass is 399 g/mol. The molecular weight excluding hydrogens is 370 g/mol. The maximum Gasteiger partial charge on any atom is 0.226 e. The molecule has 0 saturated carbocycles. The molecule has 0 spiro atoms. The van der Waals surface area contributed by atoms with Gasteiger partial charge in [0.25, 0.3) is 0 Å². The number of nitrogens with one attached hydrogen (secondary N) is 1. The summed E-state index contributed by atoms with van der Waals surface area (Å²) in [5.41, 5.74) is 1.86. The van der Waals surface area contributed by atoms with Crippen molar-refractivity contribution in [3.05, 3.63) is 35.3 Å². The molecule has 0 radical (unpaired) electrons. The zero-order chi connectivity index (χ0) is 19.3. The lowest BCUT2D eigenvalue weighted by atomic mass is 9.83. The van der Waals surface area contributed by atoms with Crippen LogP contribution in [0.4, 0.5) is 0 Å². The lowest BCUT2D eigenvalue weighted by Crippen LogP contribution is -2.51. The third-order valence-corrected chi connectivity index (χ3v) is 6.94. The van der Waals surface area contributed by atoms with Crippen LogP contribution in [-0.4, -0.2) is 48.6 Å². The maximum atomic E-state index is 12.5. The SMILES string of the molecule is COc1cccc(-c2nc(CC(=O)NCC3CCCN4CCCCC34)cs2)c1. The van der Waals surface area contributed by atoms with Crippen molar-refractivity contribution in [1.29, 1.82) is 0 Å². The first-order valence-corrected chi connectivity index (χ1v) is 11.2. The van der Waals surface area contributed by atoms with Crippen LogP contribution in [0.25, 0.3) is 10.6 Å². The Hall–Kier alpha value is -1.92. The van der Waals surface area contributed by atoms with Gasteiger partial charge in [-0.2, -0.15) is 0 Å². The normalized spacial score (nSPS) is 22.5. The van der Waals surface area contributed by atoms with Crippen LogP contribution in [-0.2, 0) is 11.2 Å². The van der Waals surface area contributed by atoms with Crippen LogP contribution in [0, 0.1) is 5.92 Å². The van der Waals surface area contributed by atoms with Gasteiger partial charge < -0.3 is 15.0 Å². The van der Waals surface area contributed by atoms with Crippen LogP contribution in [0.15, 0.2) is 29.6 Å². The molecule has 2 atom stereocenters. The fourth-order valence-corrected chi connectivity index (χ4v) is 5.38. The molecule has 2 saturated heterocycles. The molecular formula is C22H29N3O2S. The van der Waals surface area contributed by atoms with E-state index in [0.29, 0.717) is 18.4 Å². The highest BCUT2D eigenvalue weighted by Gasteiger charge is 2.32. The molecule has 150 valence electrons. The van der Waals surface area contributed by atoms with Crippen molar-refractivity contribution in [3.63, 3.8) is 0 Å². The summed E-state index contributed by atoms with van der Waals surface area (Å²) in [6.07, 6.45) is 6.79. The number of thiazole rings is 1. The fraction of sp³-hybridized carbons (Fsp3) is 0.545. The summed E-state index contributed by atoms with van der Waals surface area (Å²) in [7, 11) is 1.66. The summed E-state index contributed by atoms with van der Waals surface area (Å²) in [4.78, 5) is 19.8. The summed E-state index contributed by atoms with van der Waals surface area (Å²) >= 11 is 1.57. The Kier molecular flexibility index (Phi) is 6.27. The predicted octanol–water partition coefficient (Wildman–Crippen LogP) is 3.74. The number of methoxy groups -OCH3 is 1. The minimum Gasteiger partial charge on any atom is -0.497 e. The second-order valence-corrected chi connectivity index (χ2v) is 8.72. The van der Waals surface area contributed by atoms with Crippen LogP contribution in [0.5, 0.6) is 5.75 Å². The van der Waals surface area contributed by atoms with Crippen LogP contribution in [0.3, 0.4) is 0 Å². The lowest BCUT2D eigenvalue weighted by Gasteiger charge is -2.44. The Balaban J connectivity index is 1.31. The average Bonchev–Trinajstić information content (AvgIpc) is 3.20. The number of rotatable bonds is 6. The third-order valence-electron chi connectivity index (χ3n) is 6.00.